The summed E-state index contributed by atoms with van der Waals surface area (Å²) in [6, 6.07) is 0. The van der Waals surface area contributed by atoms with Gasteiger partial charge in [-0.1, -0.05) is 19.3 Å². The third-order valence-electron chi connectivity index (χ3n) is 2.45. The minimum Gasteiger partial charge on any atom is -1.00 e. The van der Waals surface area contributed by atoms with Crippen molar-refractivity contribution in [2.75, 3.05) is 12.4 Å². The van der Waals surface area contributed by atoms with Gasteiger partial charge in [0.25, 0.3) is 10.1 Å². The monoisotopic (exact) mass is 246 g/mol. The Kier molecular flexibility index (Phi) is 8.50. The number of hydrogen-bond donors (Lipinski definition) is 1. The second kappa shape index (κ2) is 8.03. The van der Waals surface area contributed by atoms with Gasteiger partial charge in [-0.25, -0.2) is 0 Å². The van der Waals surface area contributed by atoms with E-state index in [0.29, 0.717) is 19.1 Å². The Morgan fingerprint density at radius 1 is 1.27 bits per heavy atom. The van der Waals surface area contributed by atoms with E-state index in [9.17, 15) is 8.42 Å². The third kappa shape index (κ3) is 8.65. The zero-order valence-electron chi connectivity index (χ0n) is 10.3. The molecule has 0 unspecified atom stereocenters. The van der Waals surface area contributed by atoms with Gasteiger partial charge in [0.2, 0.25) is 0 Å². The molecule has 1 aliphatic carbocycles. The van der Waals surface area contributed by atoms with E-state index in [0.717, 1.165) is 12.8 Å². The molecule has 0 aromatic rings. The van der Waals surface area contributed by atoms with Gasteiger partial charge >= 0.3 is 29.6 Å². The molecule has 1 N–H and O–H groups in total. The molecular formula is C9H19NaO4S. The predicted octanol–water partition coefficient (Wildman–Crippen LogP) is -1.27. The molecule has 1 aliphatic rings. The molecule has 0 aromatic carbocycles. The van der Waals surface area contributed by atoms with Gasteiger partial charge in [0.15, 0.2) is 0 Å². The average molecular weight is 246 g/mol. The van der Waals surface area contributed by atoms with E-state index in [4.69, 9.17) is 9.29 Å². The van der Waals surface area contributed by atoms with E-state index >= 15 is 0 Å². The molecule has 0 atom stereocenters. The minimum absolute atomic E-state index is 0. The van der Waals surface area contributed by atoms with Gasteiger partial charge < -0.3 is 6.16 Å². The zero-order valence-corrected chi connectivity index (χ0v) is 12.1. The fraction of sp³-hybridized carbons (Fsp3) is 1.00. The minimum atomic E-state index is -3.81. The fourth-order valence-corrected chi connectivity index (χ4v) is 2.21. The van der Waals surface area contributed by atoms with Crippen molar-refractivity contribution in [1.82, 2.24) is 0 Å². The summed E-state index contributed by atoms with van der Waals surface area (Å²) < 4.78 is 34.7. The first-order chi connectivity index (χ1) is 6.58. The topological polar surface area (TPSA) is 63.6 Å². The van der Waals surface area contributed by atoms with E-state index in [1.807, 2.05) is 0 Å². The first-order valence-electron chi connectivity index (χ1n) is 5.15. The number of ether oxygens (including phenoxy) is 1. The predicted molar refractivity (Wildman–Crippen MR) is 55.0 cm³/mol. The van der Waals surface area contributed by atoms with Crippen molar-refractivity contribution in [2.24, 2.45) is 0 Å². The molecule has 0 spiro atoms. The van der Waals surface area contributed by atoms with E-state index < -0.39 is 10.1 Å². The molecule has 1 saturated carbocycles. The second-order valence-corrected chi connectivity index (χ2v) is 5.34. The maximum atomic E-state index is 10.4. The fourth-order valence-electron chi connectivity index (χ4n) is 1.72. The van der Waals surface area contributed by atoms with Gasteiger partial charge in [0, 0.05) is 6.61 Å². The maximum Gasteiger partial charge on any atom is 1.00 e. The molecule has 6 heteroatoms. The molecular weight excluding hydrogens is 227 g/mol. The standard InChI is InChI=1S/C9H18O4S.Na.H/c10-14(11,12)8-4-7-13-9-5-2-1-3-6-9;;/h9H,1-8H2,(H,10,11,12);;/q;+1;-1. The van der Waals surface area contributed by atoms with Crippen LogP contribution in [0.2, 0.25) is 0 Å². The summed E-state index contributed by atoms with van der Waals surface area (Å²) >= 11 is 0. The Bertz CT molecular complexity index is 252. The molecule has 15 heavy (non-hydrogen) atoms. The van der Waals surface area contributed by atoms with Crippen LogP contribution in [0, 0.1) is 0 Å². The summed E-state index contributed by atoms with van der Waals surface area (Å²) in [6.07, 6.45) is 6.58. The number of rotatable bonds is 5. The van der Waals surface area contributed by atoms with Gasteiger partial charge in [-0.05, 0) is 19.3 Å². The van der Waals surface area contributed by atoms with E-state index in [1.54, 1.807) is 0 Å². The summed E-state index contributed by atoms with van der Waals surface area (Å²) in [6.45, 7) is 0.435. The molecule has 86 valence electrons. The van der Waals surface area contributed by atoms with Crippen LogP contribution in [-0.4, -0.2) is 31.4 Å². The summed E-state index contributed by atoms with van der Waals surface area (Å²) in [5.41, 5.74) is 0. The molecule has 0 heterocycles. The molecule has 0 aliphatic heterocycles. The van der Waals surface area contributed by atoms with Crippen LogP contribution in [-0.2, 0) is 14.9 Å². The van der Waals surface area contributed by atoms with E-state index in [-0.39, 0.29) is 36.7 Å². The van der Waals surface area contributed by atoms with Crippen LogP contribution in [0.3, 0.4) is 0 Å². The normalized spacial score (nSPS) is 18.5. The largest absolute Gasteiger partial charge is 1.00 e. The quantitative estimate of drug-likeness (QED) is 0.373. The van der Waals surface area contributed by atoms with Gasteiger partial charge in [0.1, 0.15) is 0 Å². The molecule has 0 radical (unpaired) electrons. The van der Waals surface area contributed by atoms with Crippen molar-refractivity contribution in [3.8, 4) is 0 Å². The van der Waals surface area contributed by atoms with Crippen LogP contribution in [0.15, 0.2) is 0 Å². The Hall–Kier alpha value is 0.870. The van der Waals surface area contributed by atoms with Crippen LogP contribution in [0.4, 0.5) is 0 Å². The van der Waals surface area contributed by atoms with Gasteiger partial charge in [-0.2, -0.15) is 8.42 Å². The molecule has 4 nitrogen and oxygen atoms in total. The van der Waals surface area contributed by atoms with Crippen molar-refractivity contribution < 1.29 is 48.7 Å². The summed E-state index contributed by atoms with van der Waals surface area (Å²) in [4.78, 5) is 0. The summed E-state index contributed by atoms with van der Waals surface area (Å²) in [5.74, 6) is -0.195. The maximum absolute atomic E-state index is 10.4. The number of hydrogen-bond acceptors (Lipinski definition) is 3. The van der Waals surface area contributed by atoms with Crippen LogP contribution in [0.5, 0.6) is 0 Å². The Labute approximate surface area is 115 Å². The van der Waals surface area contributed by atoms with Crippen LogP contribution < -0.4 is 29.6 Å². The van der Waals surface area contributed by atoms with Gasteiger partial charge in [0.05, 0.1) is 11.9 Å². The van der Waals surface area contributed by atoms with Gasteiger partial charge in [-0.3, -0.25) is 4.55 Å². The Morgan fingerprint density at radius 3 is 2.40 bits per heavy atom. The van der Waals surface area contributed by atoms with E-state index in [1.165, 1.54) is 19.3 Å². The Morgan fingerprint density at radius 2 is 1.87 bits per heavy atom. The SMILES string of the molecule is O=S(=O)(O)CCCOC1CCCCC1.[H-].[Na+]. The van der Waals surface area contributed by atoms with E-state index in [2.05, 4.69) is 0 Å². The van der Waals surface area contributed by atoms with Crippen molar-refractivity contribution in [3.63, 3.8) is 0 Å². The second-order valence-electron chi connectivity index (χ2n) is 3.77. The molecule has 0 saturated heterocycles. The van der Waals surface area contributed by atoms with Crippen molar-refractivity contribution in [1.29, 1.82) is 0 Å². The Balaban J connectivity index is 0. The van der Waals surface area contributed by atoms with Crippen LogP contribution >= 0.6 is 0 Å². The molecule has 0 amide bonds. The van der Waals surface area contributed by atoms with Crippen LogP contribution in [0.1, 0.15) is 40.0 Å². The first kappa shape index (κ1) is 15.9. The summed E-state index contributed by atoms with van der Waals surface area (Å²) in [7, 11) is -3.81. The van der Waals surface area contributed by atoms with Crippen molar-refractivity contribution in [2.45, 2.75) is 44.6 Å². The first-order valence-corrected chi connectivity index (χ1v) is 6.75. The zero-order chi connectivity index (χ0) is 10.4. The molecule has 1 rings (SSSR count). The third-order valence-corrected chi connectivity index (χ3v) is 3.26. The van der Waals surface area contributed by atoms with Gasteiger partial charge in [-0.15, -0.1) is 0 Å². The molecule has 1 fully saturated rings. The van der Waals surface area contributed by atoms with Crippen LogP contribution in [0.25, 0.3) is 0 Å². The van der Waals surface area contributed by atoms with Crippen molar-refractivity contribution >= 4 is 10.1 Å². The smallest absolute Gasteiger partial charge is 1.00 e. The molecule has 0 bridgehead atoms. The van der Waals surface area contributed by atoms with Crippen molar-refractivity contribution in [3.05, 3.63) is 0 Å². The molecule has 0 aromatic heterocycles. The summed E-state index contributed by atoms with van der Waals surface area (Å²) in [5, 5.41) is 0. The average Bonchev–Trinajstić information content (AvgIpc) is 2.13.